The summed E-state index contributed by atoms with van der Waals surface area (Å²) in [6.07, 6.45) is 0. The zero-order valence-corrected chi connectivity index (χ0v) is 7.21. The van der Waals surface area contributed by atoms with Crippen molar-refractivity contribution in [2.75, 3.05) is 13.2 Å². The molecule has 13 heavy (non-hydrogen) atoms. The van der Waals surface area contributed by atoms with Crippen molar-refractivity contribution in [3.05, 3.63) is 30.6 Å². The van der Waals surface area contributed by atoms with Gasteiger partial charge in [0.25, 0.3) is 0 Å². The van der Waals surface area contributed by atoms with Crippen LogP contribution in [0.15, 0.2) is 0 Å². The minimum absolute atomic E-state index is 0. The van der Waals surface area contributed by atoms with E-state index in [9.17, 15) is 0 Å². The Morgan fingerprint density at radius 3 is 0.923 bits per heavy atom. The van der Waals surface area contributed by atoms with Gasteiger partial charge >= 0.3 is 17.1 Å². The van der Waals surface area contributed by atoms with Crippen LogP contribution >= 0.6 is 0 Å². The molecule has 0 aliphatic heterocycles. The Kier molecular flexibility index (Phi) is 39.1. The fraction of sp³-hybridized carbons (Fsp3) is 1.00. The van der Waals surface area contributed by atoms with Gasteiger partial charge in [-0.15, -0.1) is 0 Å². The first-order valence-electron chi connectivity index (χ1n) is 2.23. The van der Waals surface area contributed by atoms with E-state index >= 15 is 0 Å². The molecule has 0 aromatic rings. The molecule has 0 atom stereocenters. The average molecular weight is 241 g/mol. The van der Waals surface area contributed by atoms with Crippen LogP contribution in [0.1, 0.15) is 0 Å². The summed E-state index contributed by atoms with van der Waals surface area (Å²) in [5.41, 5.74) is 0. The summed E-state index contributed by atoms with van der Waals surface area (Å²) in [6, 6.07) is 0. The summed E-state index contributed by atoms with van der Waals surface area (Å²) in [7, 11) is 0. The summed E-state index contributed by atoms with van der Waals surface area (Å²) in [6.45, 7) is -0.250. The Labute approximate surface area is 82.1 Å². The van der Waals surface area contributed by atoms with E-state index in [4.69, 9.17) is 40.9 Å². The summed E-state index contributed by atoms with van der Waals surface area (Å²) < 4.78 is 0. The molecule has 0 fully saturated rings. The second kappa shape index (κ2) is 22.4. The van der Waals surface area contributed by atoms with Gasteiger partial charge in [0.05, 0.1) is 23.4 Å². The number of nitrogens with zero attached hydrogens (tertiary/aromatic N) is 2. The number of rotatable bonds is 1. The van der Waals surface area contributed by atoms with Gasteiger partial charge in [0.1, 0.15) is 0 Å². The molecule has 0 aliphatic carbocycles. The van der Waals surface area contributed by atoms with Gasteiger partial charge in [-0.3, -0.25) is 0 Å². The maximum atomic E-state index is 8.25. The molecule has 10 nitrogen and oxygen atoms in total. The van der Waals surface area contributed by atoms with Crippen LogP contribution in [0.5, 0.6) is 0 Å². The van der Waals surface area contributed by atoms with Crippen molar-refractivity contribution < 1.29 is 37.5 Å². The van der Waals surface area contributed by atoms with Crippen LogP contribution in [0.25, 0.3) is 0 Å². The normalized spacial score (nSPS) is 6.00. The summed E-state index contributed by atoms with van der Waals surface area (Å²) >= 11 is 0. The largest absolute Gasteiger partial charge is 2.00 e. The van der Waals surface area contributed by atoms with Gasteiger partial charge in [-0.2, -0.15) is 0 Å². The predicted molar refractivity (Wildman–Crippen MR) is 34.9 cm³/mol. The molecule has 0 aromatic carbocycles. The molecule has 0 aromatic heterocycles. The van der Waals surface area contributed by atoms with Crippen LogP contribution in [0.3, 0.4) is 0 Å². The molecule has 0 aliphatic rings. The fourth-order valence-corrected chi connectivity index (χ4v) is 0. The maximum Gasteiger partial charge on any atom is 2.00 e. The third kappa shape index (κ3) is 32900. The third-order valence-corrected chi connectivity index (χ3v) is 0.1000. The van der Waals surface area contributed by atoms with E-state index < -0.39 is 10.2 Å². The first-order chi connectivity index (χ1) is 5.38. The van der Waals surface area contributed by atoms with E-state index in [-0.39, 0.29) is 30.3 Å². The van der Waals surface area contributed by atoms with Crippen LogP contribution in [0.2, 0.25) is 0 Å². The smallest absolute Gasteiger partial charge is 0.394 e. The van der Waals surface area contributed by atoms with E-state index in [0.717, 1.165) is 0 Å². The molecule has 0 amide bonds. The number of hydrogen-bond donors (Lipinski definition) is 2. The van der Waals surface area contributed by atoms with Crippen LogP contribution in [0, 0.1) is 30.6 Å². The molecular formula is C2H6MnN2O8. The minimum Gasteiger partial charge on any atom is -0.394 e. The zero-order valence-electron chi connectivity index (χ0n) is 6.03. The predicted octanol–water partition coefficient (Wildman–Crippen LogP) is -1.51. The van der Waals surface area contributed by atoms with Crippen molar-refractivity contribution >= 4 is 0 Å². The monoisotopic (exact) mass is 241 g/mol. The molecule has 0 rings (SSSR count). The van der Waals surface area contributed by atoms with Crippen molar-refractivity contribution in [3.8, 4) is 0 Å². The zero-order chi connectivity index (χ0) is 10.6. The molecule has 0 spiro atoms. The second-order valence-electron chi connectivity index (χ2n) is 0.894. The molecule has 2 N–H and O–H groups in total. The minimum atomic E-state index is -1.75. The van der Waals surface area contributed by atoms with E-state index in [0.29, 0.717) is 0 Å². The standard InChI is InChI=1S/C2H6O2.Mn.2NO3/c3-1-2-4;;2*2-1(3)4/h3-4H,1-2H2;;;/q;+2;2*-1. The Morgan fingerprint density at radius 2 is 0.923 bits per heavy atom. The average Bonchev–Trinajstić information content (AvgIpc) is 1.85. The number of aliphatic hydroxyl groups excluding tert-OH is 2. The quantitative estimate of drug-likeness (QED) is 0.316. The molecule has 0 saturated heterocycles. The van der Waals surface area contributed by atoms with Crippen LogP contribution < -0.4 is 0 Å². The summed E-state index contributed by atoms with van der Waals surface area (Å²) in [5, 5.41) is 44.8. The molecule has 1 radical (unpaired) electrons. The Morgan fingerprint density at radius 1 is 0.846 bits per heavy atom. The number of hydrogen-bond acceptors (Lipinski definition) is 8. The number of aliphatic hydroxyl groups is 2. The molecule has 79 valence electrons. The fourth-order valence-electron chi connectivity index (χ4n) is 0. The molecule has 0 saturated carbocycles. The van der Waals surface area contributed by atoms with Gasteiger partial charge in [0, 0.05) is 0 Å². The third-order valence-electron chi connectivity index (χ3n) is 0.1000. The summed E-state index contributed by atoms with van der Waals surface area (Å²) in [5.74, 6) is 0. The van der Waals surface area contributed by atoms with Gasteiger partial charge in [0.2, 0.25) is 0 Å². The molecular weight excluding hydrogens is 235 g/mol. The van der Waals surface area contributed by atoms with Crippen LogP contribution in [-0.2, 0) is 17.1 Å². The van der Waals surface area contributed by atoms with E-state index in [1.165, 1.54) is 0 Å². The van der Waals surface area contributed by atoms with E-state index in [2.05, 4.69) is 0 Å². The second-order valence-corrected chi connectivity index (χ2v) is 0.894. The Bertz CT molecular complexity index is 96.7. The maximum absolute atomic E-state index is 8.25. The van der Waals surface area contributed by atoms with E-state index in [1.54, 1.807) is 0 Å². The summed E-state index contributed by atoms with van der Waals surface area (Å²) in [4.78, 5) is 16.5. The van der Waals surface area contributed by atoms with Crippen molar-refractivity contribution in [1.29, 1.82) is 0 Å². The van der Waals surface area contributed by atoms with Crippen molar-refractivity contribution in [3.63, 3.8) is 0 Å². The van der Waals surface area contributed by atoms with Crippen LogP contribution in [0.4, 0.5) is 0 Å². The van der Waals surface area contributed by atoms with Gasteiger partial charge in [0.15, 0.2) is 0 Å². The van der Waals surface area contributed by atoms with Gasteiger partial charge in [-0.1, -0.05) is 0 Å². The van der Waals surface area contributed by atoms with Crippen molar-refractivity contribution in [2.24, 2.45) is 0 Å². The van der Waals surface area contributed by atoms with Gasteiger partial charge in [-0.05, 0) is 0 Å². The SMILES string of the molecule is O=[N+]([O-])[O-].O=[N+]([O-])[O-].OCCO.[Mn+2]. The van der Waals surface area contributed by atoms with Crippen LogP contribution in [-0.4, -0.2) is 33.6 Å². The first-order valence-corrected chi connectivity index (χ1v) is 2.23. The van der Waals surface area contributed by atoms with Gasteiger partial charge in [-0.25, -0.2) is 0 Å². The van der Waals surface area contributed by atoms with Crippen molar-refractivity contribution in [2.45, 2.75) is 0 Å². The molecule has 0 bridgehead atoms. The topological polar surface area (TPSA) is 173 Å². The molecule has 11 heteroatoms. The molecule has 0 unspecified atom stereocenters. The van der Waals surface area contributed by atoms with Crippen molar-refractivity contribution in [1.82, 2.24) is 0 Å². The Hall–Kier alpha value is -1.16. The van der Waals surface area contributed by atoms with E-state index in [1.807, 2.05) is 0 Å². The van der Waals surface area contributed by atoms with Gasteiger partial charge < -0.3 is 40.9 Å². The molecule has 0 heterocycles. The first kappa shape index (κ1) is 22.6. The Balaban J connectivity index is -0.0000000450.